The molecule has 0 aromatic heterocycles. The van der Waals surface area contributed by atoms with E-state index < -0.39 is 0 Å². The van der Waals surface area contributed by atoms with Crippen molar-refractivity contribution in [3.63, 3.8) is 0 Å². The van der Waals surface area contributed by atoms with Crippen molar-refractivity contribution in [3.8, 4) is 0 Å². The molecule has 2 aromatic rings. The van der Waals surface area contributed by atoms with E-state index in [0.717, 1.165) is 16.8 Å². The monoisotopic (exact) mass is 356 g/mol. The zero-order chi connectivity index (χ0) is 16.3. The molecular formula is C16H15Cl3N2O. The molecule has 2 N–H and O–H groups in total. The molecule has 0 heterocycles. The van der Waals surface area contributed by atoms with Crippen LogP contribution in [0.25, 0.3) is 0 Å². The van der Waals surface area contributed by atoms with Crippen molar-refractivity contribution in [2.75, 3.05) is 17.2 Å². The van der Waals surface area contributed by atoms with Crippen LogP contribution in [-0.4, -0.2) is 12.5 Å². The predicted octanol–water partition coefficient (Wildman–Crippen LogP) is 5.31. The summed E-state index contributed by atoms with van der Waals surface area (Å²) in [6.45, 7) is 4.04. The zero-order valence-electron chi connectivity index (χ0n) is 12.1. The van der Waals surface area contributed by atoms with E-state index in [1.807, 2.05) is 32.0 Å². The minimum Gasteiger partial charge on any atom is -0.375 e. The van der Waals surface area contributed by atoms with Crippen LogP contribution in [0, 0.1) is 13.8 Å². The second kappa shape index (κ2) is 7.23. The molecule has 0 spiro atoms. The molecule has 0 saturated heterocycles. The van der Waals surface area contributed by atoms with Crippen LogP contribution in [0.1, 0.15) is 11.1 Å². The third-order valence-corrected chi connectivity index (χ3v) is 3.99. The first kappa shape index (κ1) is 16.9. The number of halogens is 3. The van der Waals surface area contributed by atoms with Crippen LogP contribution >= 0.6 is 34.8 Å². The molecule has 1 amide bonds. The fourth-order valence-electron chi connectivity index (χ4n) is 2.09. The smallest absolute Gasteiger partial charge is 0.243 e. The average Bonchev–Trinajstić information content (AvgIpc) is 2.40. The minimum absolute atomic E-state index is 0.0741. The molecule has 0 aliphatic carbocycles. The number of hydrogen-bond acceptors (Lipinski definition) is 2. The van der Waals surface area contributed by atoms with Crippen LogP contribution in [0.2, 0.25) is 15.1 Å². The van der Waals surface area contributed by atoms with Crippen molar-refractivity contribution in [2.24, 2.45) is 0 Å². The van der Waals surface area contributed by atoms with Crippen molar-refractivity contribution in [1.82, 2.24) is 0 Å². The quantitative estimate of drug-likeness (QED) is 0.728. The number of anilines is 2. The Bertz CT molecular complexity index is 697. The first-order valence-electron chi connectivity index (χ1n) is 6.61. The highest BCUT2D eigenvalue weighted by atomic mass is 35.5. The summed E-state index contributed by atoms with van der Waals surface area (Å²) in [7, 11) is 0. The predicted molar refractivity (Wildman–Crippen MR) is 94.5 cm³/mol. The molecule has 2 aromatic carbocycles. The molecule has 0 bridgehead atoms. The summed E-state index contributed by atoms with van der Waals surface area (Å²) in [4.78, 5) is 12.0. The minimum atomic E-state index is -0.174. The van der Waals surface area contributed by atoms with Gasteiger partial charge in [-0.15, -0.1) is 0 Å². The topological polar surface area (TPSA) is 41.1 Å². The number of nitrogens with one attached hydrogen (secondary N) is 2. The molecule has 3 nitrogen and oxygen atoms in total. The molecule has 0 radical (unpaired) electrons. The van der Waals surface area contributed by atoms with Gasteiger partial charge in [0.05, 0.1) is 27.3 Å². The first-order chi connectivity index (χ1) is 10.3. The third kappa shape index (κ3) is 4.54. The summed E-state index contributed by atoms with van der Waals surface area (Å²) < 4.78 is 0. The SMILES string of the molecule is Cc1cc(C)cc(NC(=O)CNc2cc(Cl)c(Cl)cc2Cl)c1. The van der Waals surface area contributed by atoms with Crippen LogP contribution in [0.4, 0.5) is 11.4 Å². The Labute approximate surface area is 144 Å². The van der Waals surface area contributed by atoms with E-state index in [2.05, 4.69) is 10.6 Å². The van der Waals surface area contributed by atoms with Gasteiger partial charge >= 0.3 is 0 Å². The lowest BCUT2D eigenvalue weighted by atomic mass is 10.1. The Morgan fingerprint density at radius 1 is 0.909 bits per heavy atom. The standard InChI is InChI=1S/C16H15Cl3N2O/c1-9-3-10(2)5-11(4-9)21-16(22)8-20-15-7-13(18)12(17)6-14(15)19/h3-7,20H,8H2,1-2H3,(H,21,22). The normalized spacial score (nSPS) is 10.4. The molecule has 0 saturated carbocycles. The van der Waals surface area contributed by atoms with Crippen molar-refractivity contribution < 1.29 is 4.79 Å². The van der Waals surface area contributed by atoms with Gasteiger partial charge in [-0.25, -0.2) is 0 Å². The highest BCUT2D eigenvalue weighted by molar-refractivity contribution is 6.44. The fourth-order valence-corrected chi connectivity index (χ4v) is 2.70. The lowest BCUT2D eigenvalue weighted by molar-refractivity contribution is -0.114. The second-order valence-corrected chi connectivity index (χ2v) is 6.25. The summed E-state index contributed by atoms with van der Waals surface area (Å²) in [5.41, 5.74) is 3.52. The van der Waals surface area contributed by atoms with Gasteiger partial charge in [0.15, 0.2) is 0 Å². The third-order valence-electron chi connectivity index (χ3n) is 2.95. The molecule has 0 fully saturated rings. The maximum absolute atomic E-state index is 12.0. The maximum Gasteiger partial charge on any atom is 0.243 e. The summed E-state index contributed by atoms with van der Waals surface area (Å²) in [5, 5.41) is 6.94. The molecular weight excluding hydrogens is 343 g/mol. The Hall–Kier alpha value is -1.42. The summed E-state index contributed by atoms with van der Waals surface area (Å²) in [6.07, 6.45) is 0. The number of hydrogen-bond donors (Lipinski definition) is 2. The van der Waals surface area contributed by atoms with Crippen molar-refractivity contribution in [2.45, 2.75) is 13.8 Å². The molecule has 0 atom stereocenters. The number of carbonyl (C=O) groups is 1. The molecule has 0 unspecified atom stereocenters. The number of carbonyl (C=O) groups excluding carboxylic acids is 1. The maximum atomic E-state index is 12.0. The summed E-state index contributed by atoms with van der Waals surface area (Å²) >= 11 is 17.8. The largest absolute Gasteiger partial charge is 0.375 e. The van der Waals surface area contributed by atoms with E-state index in [1.165, 1.54) is 6.07 Å². The summed E-state index contributed by atoms with van der Waals surface area (Å²) in [5.74, 6) is -0.174. The van der Waals surface area contributed by atoms with Crippen LogP contribution in [-0.2, 0) is 4.79 Å². The zero-order valence-corrected chi connectivity index (χ0v) is 14.4. The molecule has 22 heavy (non-hydrogen) atoms. The van der Waals surface area contributed by atoms with Gasteiger partial charge in [-0.05, 0) is 49.2 Å². The van der Waals surface area contributed by atoms with Gasteiger partial charge in [-0.3, -0.25) is 4.79 Å². The van der Waals surface area contributed by atoms with E-state index >= 15 is 0 Å². The number of aryl methyl sites for hydroxylation is 2. The van der Waals surface area contributed by atoms with E-state index in [4.69, 9.17) is 34.8 Å². The van der Waals surface area contributed by atoms with Gasteiger partial charge in [-0.1, -0.05) is 40.9 Å². The van der Waals surface area contributed by atoms with Crippen LogP contribution in [0.3, 0.4) is 0 Å². The van der Waals surface area contributed by atoms with Gasteiger partial charge in [0.2, 0.25) is 5.91 Å². The van der Waals surface area contributed by atoms with Gasteiger partial charge in [0, 0.05) is 5.69 Å². The van der Waals surface area contributed by atoms with Gasteiger partial charge in [0.25, 0.3) is 0 Å². The van der Waals surface area contributed by atoms with Crippen molar-refractivity contribution >= 4 is 52.1 Å². The molecule has 0 aliphatic rings. The number of amides is 1. The van der Waals surface area contributed by atoms with Crippen molar-refractivity contribution in [3.05, 3.63) is 56.5 Å². The second-order valence-electron chi connectivity index (χ2n) is 5.02. The summed E-state index contributed by atoms with van der Waals surface area (Å²) in [6, 6.07) is 9.00. The fraction of sp³-hybridized carbons (Fsp3) is 0.188. The van der Waals surface area contributed by atoms with Gasteiger partial charge in [0.1, 0.15) is 0 Å². The number of benzene rings is 2. The van der Waals surface area contributed by atoms with Crippen LogP contribution < -0.4 is 10.6 Å². The van der Waals surface area contributed by atoms with Gasteiger partial charge in [-0.2, -0.15) is 0 Å². The average molecular weight is 358 g/mol. The molecule has 6 heteroatoms. The molecule has 116 valence electrons. The van der Waals surface area contributed by atoms with Crippen LogP contribution in [0.5, 0.6) is 0 Å². The van der Waals surface area contributed by atoms with E-state index in [1.54, 1.807) is 6.07 Å². The number of rotatable bonds is 4. The Morgan fingerprint density at radius 2 is 1.50 bits per heavy atom. The molecule has 2 rings (SSSR count). The Balaban J connectivity index is 2.00. The Morgan fingerprint density at radius 3 is 2.14 bits per heavy atom. The lowest BCUT2D eigenvalue weighted by Crippen LogP contribution is -2.22. The van der Waals surface area contributed by atoms with Crippen LogP contribution in [0.15, 0.2) is 30.3 Å². The Kier molecular flexibility index (Phi) is 5.57. The van der Waals surface area contributed by atoms with E-state index in [-0.39, 0.29) is 12.5 Å². The lowest BCUT2D eigenvalue weighted by Gasteiger charge is -2.11. The van der Waals surface area contributed by atoms with Gasteiger partial charge < -0.3 is 10.6 Å². The molecule has 0 aliphatic heterocycles. The first-order valence-corrected chi connectivity index (χ1v) is 7.75. The highest BCUT2D eigenvalue weighted by Gasteiger charge is 2.08. The van der Waals surface area contributed by atoms with E-state index in [9.17, 15) is 4.79 Å². The van der Waals surface area contributed by atoms with Crippen molar-refractivity contribution in [1.29, 1.82) is 0 Å². The highest BCUT2D eigenvalue weighted by Crippen LogP contribution is 2.32. The van der Waals surface area contributed by atoms with E-state index in [0.29, 0.717) is 20.8 Å².